The topological polar surface area (TPSA) is 54.5 Å². The minimum atomic E-state index is 0.175. The van der Waals surface area contributed by atoms with Gasteiger partial charge in [0, 0.05) is 11.1 Å². The van der Waals surface area contributed by atoms with E-state index in [0.29, 0.717) is 15.7 Å². The minimum absolute atomic E-state index is 0.175. The maximum atomic E-state index is 6.14. The van der Waals surface area contributed by atoms with E-state index in [0.717, 1.165) is 15.3 Å². The summed E-state index contributed by atoms with van der Waals surface area (Å²) in [5.41, 5.74) is 0.584. The molecule has 8 heteroatoms. The van der Waals surface area contributed by atoms with Crippen molar-refractivity contribution < 1.29 is 0 Å². The van der Waals surface area contributed by atoms with Gasteiger partial charge >= 0.3 is 0 Å². The Morgan fingerprint density at radius 3 is 2.84 bits per heavy atom. The van der Waals surface area contributed by atoms with Gasteiger partial charge in [-0.05, 0) is 23.7 Å². The number of H-pyrrole nitrogens is 1. The van der Waals surface area contributed by atoms with Crippen molar-refractivity contribution in [1.82, 2.24) is 20.2 Å². The molecular formula is C11H5Cl3N4S. The first-order valence-corrected chi connectivity index (χ1v) is 7.08. The summed E-state index contributed by atoms with van der Waals surface area (Å²) in [5.74, 6) is 0. The molecule has 19 heavy (non-hydrogen) atoms. The Labute approximate surface area is 127 Å². The SMILES string of the molecule is Clc1ncc2c(Sc3cccc(Cl)c3Cl)n[nH]c2n1. The first-order chi connectivity index (χ1) is 9.15. The zero-order chi connectivity index (χ0) is 13.4. The van der Waals surface area contributed by atoms with Gasteiger partial charge in [0.2, 0.25) is 5.28 Å². The molecule has 0 spiro atoms. The third kappa shape index (κ3) is 2.51. The van der Waals surface area contributed by atoms with Gasteiger partial charge in [0.15, 0.2) is 5.65 Å². The Morgan fingerprint density at radius 2 is 2.00 bits per heavy atom. The number of hydrogen-bond acceptors (Lipinski definition) is 4. The molecule has 0 radical (unpaired) electrons. The summed E-state index contributed by atoms with van der Waals surface area (Å²) < 4.78 is 0. The molecule has 2 heterocycles. The molecule has 0 aliphatic rings. The fraction of sp³-hybridized carbons (Fsp3) is 0. The summed E-state index contributed by atoms with van der Waals surface area (Å²) in [6, 6.07) is 5.44. The second-order valence-electron chi connectivity index (χ2n) is 3.58. The van der Waals surface area contributed by atoms with Gasteiger partial charge < -0.3 is 0 Å². The van der Waals surface area contributed by atoms with Crippen LogP contribution in [0.3, 0.4) is 0 Å². The predicted molar refractivity (Wildman–Crippen MR) is 77.3 cm³/mol. The lowest BCUT2D eigenvalue weighted by molar-refractivity contribution is 1.01. The number of rotatable bonds is 2. The van der Waals surface area contributed by atoms with Crippen molar-refractivity contribution in [3.63, 3.8) is 0 Å². The Balaban J connectivity index is 2.04. The van der Waals surface area contributed by atoms with Crippen LogP contribution < -0.4 is 0 Å². The number of halogens is 3. The number of aromatic amines is 1. The van der Waals surface area contributed by atoms with Gasteiger partial charge in [0.1, 0.15) is 5.03 Å². The maximum absolute atomic E-state index is 6.14. The van der Waals surface area contributed by atoms with E-state index in [1.807, 2.05) is 12.1 Å². The van der Waals surface area contributed by atoms with E-state index in [2.05, 4.69) is 20.2 Å². The van der Waals surface area contributed by atoms with Gasteiger partial charge in [-0.15, -0.1) is 0 Å². The number of fused-ring (bicyclic) bond motifs is 1. The maximum Gasteiger partial charge on any atom is 0.224 e. The van der Waals surface area contributed by atoms with E-state index in [1.54, 1.807) is 12.3 Å². The fourth-order valence-corrected chi connectivity index (χ4v) is 3.02. The molecule has 2 aromatic heterocycles. The number of nitrogens with zero attached hydrogens (tertiary/aromatic N) is 3. The molecule has 0 amide bonds. The van der Waals surface area contributed by atoms with Crippen LogP contribution in [0.4, 0.5) is 0 Å². The lowest BCUT2D eigenvalue weighted by Crippen LogP contribution is -1.82. The highest BCUT2D eigenvalue weighted by atomic mass is 35.5. The second-order valence-corrected chi connectivity index (χ2v) is 5.74. The summed E-state index contributed by atoms with van der Waals surface area (Å²) in [5, 5.41) is 9.66. The monoisotopic (exact) mass is 330 g/mol. The molecule has 4 nitrogen and oxygen atoms in total. The Bertz CT molecular complexity index is 759. The van der Waals surface area contributed by atoms with Crippen molar-refractivity contribution >= 4 is 57.6 Å². The van der Waals surface area contributed by atoms with Gasteiger partial charge in [-0.1, -0.05) is 41.0 Å². The molecule has 0 unspecified atom stereocenters. The summed E-state index contributed by atoms with van der Waals surface area (Å²) in [6.45, 7) is 0. The van der Waals surface area contributed by atoms with E-state index in [-0.39, 0.29) is 5.28 Å². The average molecular weight is 332 g/mol. The molecular weight excluding hydrogens is 327 g/mol. The minimum Gasteiger partial charge on any atom is -0.260 e. The van der Waals surface area contributed by atoms with Crippen LogP contribution in [0.25, 0.3) is 11.0 Å². The smallest absolute Gasteiger partial charge is 0.224 e. The standard InChI is InChI=1S/C11H5Cl3N4S/c12-6-2-1-3-7(8(6)13)19-10-5-4-15-11(14)16-9(5)17-18-10/h1-4H,(H,15,16,17,18). The highest BCUT2D eigenvalue weighted by Crippen LogP contribution is 2.38. The lowest BCUT2D eigenvalue weighted by atomic mass is 10.4. The van der Waals surface area contributed by atoms with Crippen molar-refractivity contribution in [3.8, 4) is 0 Å². The molecule has 0 saturated carbocycles. The average Bonchev–Trinajstić information content (AvgIpc) is 2.77. The first kappa shape index (κ1) is 13.0. The number of hydrogen-bond donors (Lipinski definition) is 1. The highest BCUT2D eigenvalue weighted by molar-refractivity contribution is 7.99. The van der Waals surface area contributed by atoms with Crippen LogP contribution in [0.2, 0.25) is 15.3 Å². The van der Waals surface area contributed by atoms with Crippen molar-refractivity contribution in [2.45, 2.75) is 9.92 Å². The van der Waals surface area contributed by atoms with E-state index < -0.39 is 0 Å². The van der Waals surface area contributed by atoms with E-state index in [4.69, 9.17) is 34.8 Å². The van der Waals surface area contributed by atoms with Gasteiger partial charge in [-0.3, -0.25) is 5.10 Å². The predicted octanol–water partition coefficient (Wildman–Crippen LogP) is 4.46. The third-order valence-corrected chi connectivity index (χ3v) is 4.55. The van der Waals surface area contributed by atoms with Gasteiger partial charge in [0.25, 0.3) is 0 Å². The van der Waals surface area contributed by atoms with Crippen LogP contribution >= 0.6 is 46.6 Å². The molecule has 0 aliphatic carbocycles. The van der Waals surface area contributed by atoms with Crippen molar-refractivity contribution in [2.24, 2.45) is 0 Å². The van der Waals surface area contributed by atoms with Crippen LogP contribution in [0.5, 0.6) is 0 Å². The molecule has 96 valence electrons. The van der Waals surface area contributed by atoms with Crippen LogP contribution in [0.15, 0.2) is 34.3 Å². The van der Waals surface area contributed by atoms with Crippen molar-refractivity contribution in [1.29, 1.82) is 0 Å². The highest BCUT2D eigenvalue weighted by Gasteiger charge is 2.12. The largest absolute Gasteiger partial charge is 0.260 e. The molecule has 1 N–H and O–H groups in total. The molecule has 3 rings (SSSR count). The van der Waals surface area contributed by atoms with Crippen molar-refractivity contribution in [2.75, 3.05) is 0 Å². The summed E-state index contributed by atoms with van der Waals surface area (Å²) >= 11 is 19.2. The van der Waals surface area contributed by atoms with E-state index in [9.17, 15) is 0 Å². The zero-order valence-corrected chi connectivity index (χ0v) is 12.3. The molecule has 3 aromatic rings. The Kier molecular flexibility index (Phi) is 3.54. The van der Waals surface area contributed by atoms with Crippen LogP contribution in [0, 0.1) is 0 Å². The van der Waals surface area contributed by atoms with E-state index in [1.165, 1.54) is 11.8 Å². The molecule has 0 atom stereocenters. The number of aromatic nitrogens is 4. The number of benzene rings is 1. The Morgan fingerprint density at radius 1 is 1.16 bits per heavy atom. The molecule has 0 fully saturated rings. The molecule has 0 aliphatic heterocycles. The zero-order valence-electron chi connectivity index (χ0n) is 9.19. The van der Waals surface area contributed by atoms with Gasteiger partial charge in [-0.2, -0.15) is 10.1 Å². The normalized spacial score (nSPS) is 11.1. The third-order valence-electron chi connectivity index (χ3n) is 2.38. The van der Waals surface area contributed by atoms with Crippen LogP contribution in [0.1, 0.15) is 0 Å². The summed E-state index contributed by atoms with van der Waals surface area (Å²) in [6.07, 6.45) is 1.62. The van der Waals surface area contributed by atoms with E-state index >= 15 is 0 Å². The number of nitrogens with one attached hydrogen (secondary N) is 1. The first-order valence-electron chi connectivity index (χ1n) is 5.13. The second kappa shape index (κ2) is 5.17. The van der Waals surface area contributed by atoms with Gasteiger partial charge in [0.05, 0.1) is 15.4 Å². The summed E-state index contributed by atoms with van der Waals surface area (Å²) in [4.78, 5) is 8.80. The quantitative estimate of drug-likeness (QED) is 0.704. The Hall–Kier alpha value is -1.01. The van der Waals surface area contributed by atoms with Crippen LogP contribution in [-0.4, -0.2) is 20.2 Å². The van der Waals surface area contributed by atoms with Crippen LogP contribution in [-0.2, 0) is 0 Å². The van der Waals surface area contributed by atoms with Gasteiger partial charge in [-0.25, -0.2) is 4.98 Å². The lowest BCUT2D eigenvalue weighted by Gasteiger charge is -2.03. The summed E-state index contributed by atoms with van der Waals surface area (Å²) in [7, 11) is 0. The molecule has 1 aromatic carbocycles. The molecule has 0 saturated heterocycles. The molecule has 0 bridgehead atoms. The van der Waals surface area contributed by atoms with Crippen molar-refractivity contribution in [3.05, 3.63) is 39.7 Å². The fourth-order valence-electron chi connectivity index (χ4n) is 1.51.